The van der Waals surface area contributed by atoms with E-state index in [1.54, 1.807) is 11.3 Å². The number of rotatable bonds is 6. The SMILES string of the molecule is CCCNC(Cc1sccc1Br)c1ccc(Br)cc1F. The summed E-state index contributed by atoms with van der Waals surface area (Å²) in [4.78, 5) is 1.24. The lowest BCUT2D eigenvalue weighted by molar-refractivity contribution is 0.498. The summed E-state index contributed by atoms with van der Waals surface area (Å²) >= 11 is 8.55. The molecule has 0 saturated heterocycles. The molecule has 0 aliphatic heterocycles. The van der Waals surface area contributed by atoms with Crippen LogP contribution in [0.5, 0.6) is 0 Å². The second-order valence-electron chi connectivity index (χ2n) is 4.57. The first-order valence-corrected chi connectivity index (χ1v) is 8.98. The molecule has 0 aliphatic carbocycles. The van der Waals surface area contributed by atoms with Gasteiger partial charge in [0, 0.05) is 31.8 Å². The van der Waals surface area contributed by atoms with Crippen LogP contribution in [0.2, 0.25) is 0 Å². The van der Waals surface area contributed by atoms with Gasteiger partial charge in [0.2, 0.25) is 0 Å². The predicted molar refractivity (Wildman–Crippen MR) is 90.9 cm³/mol. The predicted octanol–water partition coefficient (Wildman–Crippen LogP) is 5.70. The van der Waals surface area contributed by atoms with Crippen molar-refractivity contribution in [2.75, 3.05) is 6.54 Å². The van der Waals surface area contributed by atoms with Crippen LogP contribution in [0.3, 0.4) is 0 Å². The average molecular weight is 421 g/mol. The minimum atomic E-state index is -0.166. The number of hydrogen-bond acceptors (Lipinski definition) is 2. The van der Waals surface area contributed by atoms with Gasteiger partial charge < -0.3 is 5.32 Å². The Hall–Kier alpha value is -0.230. The fraction of sp³-hybridized carbons (Fsp3) is 0.333. The third-order valence-corrected chi connectivity index (χ3v) is 5.50. The fourth-order valence-corrected chi connectivity index (χ4v) is 3.95. The van der Waals surface area contributed by atoms with E-state index in [1.807, 2.05) is 23.6 Å². The van der Waals surface area contributed by atoms with Gasteiger partial charge in [-0.2, -0.15) is 0 Å². The Labute approximate surface area is 139 Å². The molecule has 2 aromatic rings. The highest BCUT2D eigenvalue weighted by atomic mass is 79.9. The lowest BCUT2D eigenvalue weighted by Gasteiger charge is -2.19. The van der Waals surface area contributed by atoms with E-state index < -0.39 is 0 Å². The van der Waals surface area contributed by atoms with E-state index in [9.17, 15) is 4.39 Å². The molecule has 0 fully saturated rings. The second kappa shape index (κ2) is 7.69. The van der Waals surface area contributed by atoms with E-state index in [1.165, 1.54) is 10.9 Å². The van der Waals surface area contributed by atoms with Gasteiger partial charge in [0.25, 0.3) is 0 Å². The maximum Gasteiger partial charge on any atom is 0.129 e. The maximum atomic E-state index is 14.2. The van der Waals surface area contributed by atoms with Gasteiger partial charge in [-0.05, 0) is 52.5 Å². The van der Waals surface area contributed by atoms with E-state index in [2.05, 4.69) is 44.1 Å². The van der Waals surface area contributed by atoms with E-state index in [0.717, 1.165) is 33.9 Å². The van der Waals surface area contributed by atoms with Gasteiger partial charge in [0.15, 0.2) is 0 Å². The molecular weight excluding hydrogens is 405 g/mol. The summed E-state index contributed by atoms with van der Waals surface area (Å²) in [6.45, 7) is 2.99. The van der Waals surface area contributed by atoms with Crippen molar-refractivity contribution in [2.45, 2.75) is 25.8 Å². The topological polar surface area (TPSA) is 12.0 Å². The molecule has 2 rings (SSSR count). The maximum absolute atomic E-state index is 14.2. The molecule has 20 heavy (non-hydrogen) atoms. The van der Waals surface area contributed by atoms with Gasteiger partial charge in [-0.15, -0.1) is 11.3 Å². The molecule has 1 aromatic heterocycles. The summed E-state index contributed by atoms with van der Waals surface area (Å²) in [5, 5.41) is 5.49. The van der Waals surface area contributed by atoms with Crippen molar-refractivity contribution in [1.29, 1.82) is 0 Å². The average Bonchev–Trinajstić information content (AvgIpc) is 2.80. The molecule has 0 radical (unpaired) electrons. The van der Waals surface area contributed by atoms with Crippen LogP contribution >= 0.6 is 43.2 Å². The van der Waals surface area contributed by atoms with Crippen molar-refractivity contribution in [3.8, 4) is 0 Å². The van der Waals surface area contributed by atoms with Crippen LogP contribution in [0, 0.1) is 5.82 Å². The molecule has 1 unspecified atom stereocenters. The zero-order valence-electron chi connectivity index (χ0n) is 11.1. The molecule has 5 heteroatoms. The van der Waals surface area contributed by atoms with Crippen LogP contribution in [-0.2, 0) is 6.42 Å². The quantitative estimate of drug-likeness (QED) is 0.632. The Morgan fingerprint density at radius 1 is 1.30 bits per heavy atom. The van der Waals surface area contributed by atoms with E-state index in [4.69, 9.17) is 0 Å². The first kappa shape index (κ1) is 16.1. The van der Waals surface area contributed by atoms with Gasteiger partial charge in [0.05, 0.1) is 0 Å². The molecule has 1 aromatic carbocycles. The number of benzene rings is 1. The van der Waals surface area contributed by atoms with Gasteiger partial charge in [0.1, 0.15) is 5.82 Å². The summed E-state index contributed by atoms with van der Waals surface area (Å²) < 4.78 is 16.0. The number of nitrogens with one attached hydrogen (secondary N) is 1. The monoisotopic (exact) mass is 419 g/mol. The molecule has 0 saturated carbocycles. The van der Waals surface area contributed by atoms with Gasteiger partial charge in [-0.25, -0.2) is 4.39 Å². The molecule has 1 heterocycles. The minimum absolute atomic E-state index is 0.00185. The Bertz CT molecular complexity index is 571. The fourth-order valence-electron chi connectivity index (χ4n) is 2.05. The summed E-state index contributed by atoms with van der Waals surface area (Å²) in [6.07, 6.45) is 1.82. The largest absolute Gasteiger partial charge is 0.310 e. The van der Waals surface area contributed by atoms with Crippen molar-refractivity contribution in [3.05, 3.63) is 54.8 Å². The van der Waals surface area contributed by atoms with Crippen molar-refractivity contribution < 1.29 is 4.39 Å². The molecule has 0 amide bonds. The molecule has 108 valence electrons. The zero-order valence-corrected chi connectivity index (χ0v) is 15.1. The normalized spacial score (nSPS) is 12.6. The number of thiophene rings is 1. The van der Waals surface area contributed by atoms with Crippen LogP contribution in [0.15, 0.2) is 38.6 Å². The molecule has 1 atom stereocenters. The Balaban J connectivity index is 2.24. The van der Waals surface area contributed by atoms with Gasteiger partial charge in [-0.3, -0.25) is 0 Å². The van der Waals surface area contributed by atoms with Gasteiger partial charge >= 0.3 is 0 Å². The summed E-state index contributed by atoms with van der Waals surface area (Å²) in [5.41, 5.74) is 0.724. The van der Waals surface area contributed by atoms with E-state index in [-0.39, 0.29) is 11.9 Å². The molecule has 1 N–H and O–H groups in total. The van der Waals surface area contributed by atoms with Crippen LogP contribution in [0.1, 0.15) is 29.8 Å². The molecular formula is C15H16Br2FNS. The van der Waals surface area contributed by atoms with E-state index in [0.29, 0.717) is 0 Å². The van der Waals surface area contributed by atoms with Gasteiger partial charge in [-0.1, -0.05) is 28.9 Å². The Kier molecular flexibility index (Phi) is 6.20. The first-order valence-electron chi connectivity index (χ1n) is 6.52. The molecule has 1 nitrogen and oxygen atoms in total. The van der Waals surface area contributed by atoms with Crippen molar-refractivity contribution in [1.82, 2.24) is 5.32 Å². The highest BCUT2D eigenvalue weighted by Gasteiger charge is 2.17. The highest BCUT2D eigenvalue weighted by molar-refractivity contribution is 9.10. The number of hydrogen-bond donors (Lipinski definition) is 1. The van der Waals surface area contributed by atoms with Crippen LogP contribution in [0.25, 0.3) is 0 Å². The van der Waals surface area contributed by atoms with Crippen LogP contribution in [-0.4, -0.2) is 6.54 Å². The first-order chi connectivity index (χ1) is 9.61. The molecule has 0 aliphatic rings. The second-order valence-corrected chi connectivity index (χ2v) is 7.34. The Morgan fingerprint density at radius 3 is 2.70 bits per heavy atom. The Morgan fingerprint density at radius 2 is 2.10 bits per heavy atom. The van der Waals surface area contributed by atoms with Crippen LogP contribution < -0.4 is 5.32 Å². The van der Waals surface area contributed by atoms with Crippen LogP contribution in [0.4, 0.5) is 4.39 Å². The van der Waals surface area contributed by atoms with Crippen molar-refractivity contribution in [2.24, 2.45) is 0 Å². The lowest BCUT2D eigenvalue weighted by atomic mass is 10.0. The molecule has 0 bridgehead atoms. The van der Waals surface area contributed by atoms with Crippen molar-refractivity contribution >= 4 is 43.2 Å². The van der Waals surface area contributed by atoms with E-state index >= 15 is 0 Å². The third-order valence-electron chi connectivity index (χ3n) is 3.06. The number of halogens is 3. The summed E-state index contributed by atoms with van der Waals surface area (Å²) in [5.74, 6) is -0.166. The lowest BCUT2D eigenvalue weighted by Crippen LogP contribution is -2.24. The van der Waals surface area contributed by atoms with Crippen molar-refractivity contribution in [3.63, 3.8) is 0 Å². The minimum Gasteiger partial charge on any atom is -0.310 e. The third kappa shape index (κ3) is 4.13. The highest BCUT2D eigenvalue weighted by Crippen LogP contribution is 2.30. The zero-order chi connectivity index (χ0) is 14.5. The summed E-state index contributed by atoms with van der Waals surface area (Å²) in [6, 6.07) is 7.31. The molecule has 0 spiro atoms. The smallest absolute Gasteiger partial charge is 0.129 e. The summed E-state index contributed by atoms with van der Waals surface area (Å²) in [7, 11) is 0. The standard InChI is InChI=1S/C15H16Br2FNS/c1-2-6-19-14(9-15-12(17)5-7-20-15)11-4-3-10(16)8-13(11)18/h3-5,7-8,14,19H,2,6,9H2,1H3.